The second-order valence-electron chi connectivity index (χ2n) is 5.23. The normalized spacial score (nSPS) is 16.9. The van der Waals surface area contributed by atoms with Crippen LogP contribution in [0.3, 0.4) is 0 Å². The first-order chi connectivity index (χ1) is 9.23. The third kappa shape index (κ3) is 2.12. The maximum atomic E-state index is 9.65. The number of aliphatic hydroxyl groups excluding tert-OH is 1. The van der Waals surface area contributed by atoms with Crippen LogP contribution in [0.5, 0.6) is 0 Å². The highest BCUT2D eigenvalue weighted by Gasteiger charge is 2.41. The smallest absolute Gasteiger partial charge is 0.137 e. The first-order valence-electron chi connectivity index (χ1n) is 6.62. The molecule has 2 heterocycles. The Balaban J connectivity index is 2.06. The first-order valence-corrected chi connectivity index (χ1v) is 6.62. The summed E-state index contributed by atoms with van der Waals surface area (Å²) in [5, 5.41) is 9.65. The van der Waals surface area contributed by atoms with Crippen LogP contribution in [0.15, 0.2) is 30.5 Å². The Morgan fingerprint density at radius 1 is 1.21 bits per heavy atom. The van der Waals surface area contributed by atoms with Crippen molar-refractivity contribution in [3.63, 3.8) is 0 Å². The maximum Gasteiger partial charge on any atom is 0.137 e. The number of rotatable bonds is 3. The van der Waals surface area contributed by atoms with E-state index < -0.39 is 0 Å². The van der Waals surface area contributed by atoms with Gasteiger partial charge in [0.05, 0.1) is 23.4 Å². The molecule has 0 aromatic carbocycles. The SMILES string of the molecule is Cc1cc(-c2ccccn2)nc(C2(CO)CCC2)n1. The van der Waals surface area contributed by atoms with Crippen molar-refractivity contribution >= 4 is 0 Å². The zero-order chi connectivity index (χ0) is 13.3. The predicted octanol–water partition coefficient (Wildman–Crippen LogP) is 2.26. The van der Waals surface area contributed by atoms with Crippen LogP contribution in [-0.4, -0.2) is 26.7 Å². The summed E-state index contributed by atoms with van der Waals surface area (Å²) in [5.74, 6) is 0.766. The Kier molecular flexibility index (Phi) is 3.03. The van der Waals surface area contributed by atoms with E-state index in [1.165, 1.54) is 0 Å². The number of aliphatic hydroxyl groups is 1. The standard InChI is InChI=1S/C15H17N3O/c1-11-9-13(12-5-2-3-8-16-12)18-14(17-11)15(10-19)6-4-7-15/h2-3,5,8-9,19H,4,6-7,10H2,1H3. The van der Waals surface area contributed by atoms with E-state index in [4.69, 9.17) is 0 Å². The fraction of sp³-hybridized carbons (Fsp3) is 0.400. The Morgan fingerprint density at radius 2 is 2.05 bits per heavy atom. The number of pyridine rings is 1. The van der Waals surface area contributed by atoms with Gasteiger partial charge < -0.3 is 5.11 Å². The fourth-order valence-electron chi connectivity index (χ4n) is 2.51. The highest BCUT2D eigenvalue weighted by molar-refractivity contribution is 5.54. The van der Waals surface area contributed by atoms with Gasteiger partial charge in [0.1, 0.15) is 5.82 Å². The van der Waals surface area contributed by atoms with Gasteiger partial charge in [-0.25, -0.2) is 9.97 Å². The summed E-state index contributed by atoms with van der Waals surface area (Å²) in [4.78, 5) is 13.5. The molecule has 19 heavy (non-hydrogen) atoms. The number of hydrogen-bond donors (Lipinski definition) is 1. The average Bonchev–Trinajstić information content (AvgIpc) is 2.39. The van der Waals surface area contributed by atoms with Crippen molar-refractivity contribution in [1.82, 2.24) is 15.0 Å². The molecule has 1 N–H and O–H groups in total. The summed E-state index contributed by atoms with van der Waals surface area (Å²) >= 11 is 0. The third-order valence-corrected chi connectivity index (χ3v) is 3.87. The lowest BCUT2D eigenvalue weighted by Gasteiger charge is -2.38. The van der Waals surface area contributed by atoms with Gasteiger partial charge in [-0.2, -0.15) is 0 Å². The quantitative estimate of drug-likeness (QED) is 0.914. The molecule has 98 valence electrons. The van der Waals surface area contributed by atoms with Crippen molar-refractivity contribution in [2.75, 3.05) is 6.61 Å². The van der Waals surface area contributed by atoms with E-state index >= 15 is 0 Å². The maximum absolute atomic E-state index is 9.65. The summed E-state index contributed by atoms with van der Waals surface area (Å²) in [6.45, 7) is 2.08. The zero-order valence-corrected chi connectivity index (χ0v) is 11.0. The van der Waals surface area contributed by atoms with Gasteiger partial charge in [-0.05, 0) is 38.0 Å². The number of nitrogens with zero attached hydrogens (tertiary/aromatic N) is 3. The van der Waals surface area contributed by atoms with Crippen LogP contribution in [0.1, 0.15) is 30.8 Å². The van der Waals surface area contributed by atoms with Gasteiger partial charge in [0, 0.05) is 11.9 Å². The van der Waals surface area contributed by atoms with Crippen LogP contribution in [0.2, 0.25) is 0 Å². The molecule has 1 aliphatic rings. The topological polar surface area (TPSA) is 58.9 Å². The average molecular weight is 255 g/mol. The second-order valence-corrected chi connectivity index (χ2v) is 5.23. The Morgan fingerprint density at radius 3 is 2.63 bits per heavy atom. The first kappa shape index (κ1) is 12.2. The molecule has 0 aliphatic heterocycles. The summed E-state index contributed by atoms with van der Waals surface area (Å²) < 4.78 is 0. The van der Waals surface area contributed by atoms with Crippen molar-refractivity contribution in [2.45, 2.75) is 31.6 Å². The van der Waals surface area contributed by atoms with E-state index in [0.29, 0.717) is 0 Å². The van der Waals surface area contributed by atoms with E-state index in [2.05, 4.69) is 15.0 Å². The van der Waals surface area contributed by atoms with Crippen LogP contribution in [0.25, 0.3) is 11.4 Å². The summed E-state index contributed by atoms with van der Waals surface area (Å²) in [7, 11) is 0. The van der Waals surface area contributed by atoms with Gasteiger partial charge in [0.25, 0.3) is 0 Å². The molecule has 4 heteroatoms. The summed E-state index contributed by atoms with van der Waals surface area (Å²) in [6, 6.07) is 7.72. The molecule has 1 fully saturated rings. The minimum atomic E-state index is -0.227. The monoisotopic (exact) mass is 255 g/mol. The van der Waals surface area contributed by atoms with Crippen molar-refractivity contribution in [3.8, 4) is 11.4 Å². The largest absolute Gasteiger partial charge is 0.395 e. The van der Waals surface area contributed by atoms with Gasteiger partial charge in [-0.15, -0.1) is 0 Å². The van der Waals surface area contributed by atoms with Crippen molar-refractivity contribution < 1.29 is 5.11 Å². The molecule has 2 aromatic rings. The van der Waals surface area contributed by atoms with E-state index in [1.807, 2.05) is 31.2 Å². The van der Waals surface area contributed by atoms with E-state index in [9.17, 15) is 5.11 Å². The van der Waals surface area contributed by atoms with Crippen LogP contribution in [0.4, 0.5) is 0 Å². The Labute approximate surface area is 112 Å². The predicted molar refractivity (Wildman–Crippen MR) is 72.6 cm³/mol. The molecule has 0 bridgehead atoms. The molecule has 0 unspecified atom stereocenters. The third-order valence-electron chi connectivity index (χ3n) is 3.87. The van der Waals surface area contributed by atoms with Crippen LogP contribution in [0, 0.1) is 6.92 Å². The number of hydrogen-bond acceptors (Lipinski definition) is 4. The Bertz CT molecular complexity index is 574. The zero-order valence-electron chi connectivity index (χ0n) is 11.0. The van der Waals surface area contributed by atoms with E-state index in [0.717, 1.165) is 42.2 Å². The molecule has 0 saturated heterocycles. The molecule has 4 nitrogen and oxygen atoms in total. The highest BCUT2D eigenvalue weighted by Crippen LogP contribution is 2.42. The van der Waals surface area contributed by atoms with E-state index in [1.54, 1.807) is 6.20 Å². The molecule has 1 saturated carbocycles. The summed E-state index contributed by atoms with van der Waals surface area (Å²) in [6.07, 6.45) is 4.83. The fourth-order valence-corrected chi connectivity index (χ4v) is 2.51. The van der Waals surface area contributed by atoms with E-state index in [-0.39, 0.29) is 12.0 Å². The van der Waals surface area contributed by atoms with Crippen LogP contribution in [-0.2, 0) is 5.41 Å². The lowest BCUT2D eigenvalue weighted by atomic mass is 9.68. The van der Waals surface area contributed by atoms with Crippen molar-refractivity contribution in [2.24, 2.45) is 0 Å². The van der Waals surface area contributed by atoms with Crippen molar-refractivity contribution in [1.29, 1.82) is 0 Å². The lowest BCUT2D eigenvalue weighted by Crippen LogP contribution is -2.40. The molecular formula is C15H17N3O. The van der Waals surface area contributed by atoms with Gasteiger partial charge >= 0.3 is 0 Å². The lowest BCUT2D eigenvalue weighted by molar-refractivity contribution is 0.112. The van der Waals surface area contributed by atoms with Gasteiger partial charge in [0.2, 0.25) is 0 Å². The minimum absolute atomic E-state index is 0.123. The molecule has 0 amide bonds. The highest BCUT2D eigenvalue weighted by atomic mass is 16.3. The molecule has 2 aromatic heterocycles. The Hall–Kier alpha value is -1.81. The number of aromatic nitrogens is 3. The molecule has 0 radical (unpaired) electrons. The molecule has 0 atom stereocenters. The van der Waals surface area contributed by atoms with Gasteiger partial charge in [-0.3, -0.25) is 4.98 Å². The minimum Gasteiger partial charge on any atom is -0.395 e. The van der Waals surface area contributed by atoms with Crippen LogP contribution >= 0.6 is 0 Å². The van der Waals surface area contributed by atoms with Crippen molar-refractivity contribution in [3.05, 3.63) is 42.0 Å². The molecule has 1 aliphatic carbocycles. The number of aryl methyl sites for hydroxylation is 1. The van der Waals surface area contributed by atoms with Gasteiger partial charge in [-0.1, -0.05) is 12.5 Å². The van der Waals surface area contributed by atoms with Gasteiger partial charge in [0.15, 0.2) is 0 Å². The molecule has 0 spiro atoms. The second kappa shape index (κ2) is 4.70. The molecule has 3 rings (SSSR count). The van der Waals surface area contributed by atoms with Crippen LogP contribution < -0.4 is 0 Å². The molecular weight excluding hydrogens is 238 g/mol. The summed E-state index contributed by atoms with van der Waals surface area (Å²) in [5.41, 5.74) is 2.38.